The molecule has 1 N–H and O–H groups in total. The molecular formula is C22H25N3OS. The summed E-state index contributed by atoms with van der Waals surface area (Å²) in [6.45, 7) is 5.99. The molecule has 1 aromatic heterocycles. The summed E-state index contributed by atoms with van der Waals surface area (Å²) < 4.78 is 0. The molecule has 4 rings (SSSR count). The van der Waals surface area contributed by atoms with Gasteiger partial charge in [-0.3, -0.25) is 14.6 Å². The summed E-state index contributed by atoms with van der Waals surface area (Å²) in [4.78, 5) is 18.1. The molecule has 0 saturated carbocycles. The molecule has 1 amide bonds. The molecule has 2 heterocycles. The second kappa shape index (κ2) is 8.65. The van der Waals surface area contributed by atoms with Crippen LogP contribution in [-0.4, -0.2) is 48.4 Å². The van der Waals surface area contributed by atoms with Crippen molar-refractivity contribution in [2.45, 2.75) is 13.1 Å². The summed E-state index contributed by atoms with van der Waals surface area (Å²) in [7, 11) is 0. The lowest BCUT2D eigenvalue weighted by Gasteiger charge is -2.34. The van der Waals surface area contributed by atoms with E-state index in [1.54, 1.807) is 11.3 Å². The molecule has 0 radical (unpaired) electrons. The molecule has 2 aromatic carbocycles. The summed E-state index contributed by atoms with van der Waals surface area (Å²) >= 11 is 1.68. The molecule has 1 fully saturated rings. The Morgan fingerprint density at radius 2 is 1.70 bits per heavy atom. The van der Waals surface area contributed by atoms with Gasteiger partial charge in [0.15, 0.2) is 0 Å². The van der Waals surface area contributed by atoms with E-state index in [1.807, 2.05) is 11.4 Å². The maximum absolute atomic E-state index is 12.2. The van der Waals surface area contributed by atoms with Crippen LogP contribution in [0.15, 0.2) is 60.0 Å². The first kappa shape index (κ1) is 18.2. The molecule has 0 atom stereocenters. The first-order valence-corrected chi connectivity index (χ1v) is 10.4. The van der Waals surface area contributed by atoms with E-state index in [-0.39, 0.29) is 5.91 Å². The van der Waals surface area contributed by atoms with Crippen LogP contribution >= 0.6 is 11.3 Å². The zero-order valence-electron chi connectivity index (χ0n) is 15.4. The van der Waals surface area contributed by atoms with Crippen LogP contribution in [0.1, 0.15) is 10.4 Å². The minimum atomic E-state index is 0.117. The van der Waals surface area contributed by atoms with Gasteiger partial charge in [-0.1, -0.05) is 48.5 Å². The zero-order chi connectivity index (χ0) is 18.5. The molecule has 0 bridgehead atoms. The van der Waals surface area contributed by atoms with Crippen LogP contribution < -0.4 is 5.32 Å². The lowest BCUT2D eigenvalue weighted by molar-refractivity contribution is -0.122. The Balaban J connectivity index is 1.25. The number of benzene rings is 2. The lowest BCUT2D eigenvalue weighted by Crippen LogP contribution is -2.49. The highest BCUT2D eigenvalue weighted by Crippen LogP contribution is 2.20. The van der Waals surface area contributed by atoms with Crippen molar-refractivity contribution in [3.63, 3.8) is 0 Å². The minimum Gasteiger partial charge on any atom is -0.350 e. The van der Waals surface area contributed by atoms with Crippen molar-refractivity contribution in [3.8, 4) is 0 Å². The second-order valence-corrected chi connectivity index (χ2v) is 8.08. The van der Waals surface area contributed by atoms with E-state index < -0.39 is 0 Å². The van der Waals surface area contributed by atoms with Gasteiger partial charge in [0.05, 0.1) is 13.1 Å². The Morgan fingerprint density at radius 1 is 0.926 bits per heavy atom. The van der Waals surface area contributed by atoms with Gasteiger partial charge < -0.3 is 5.32 Å². The van der Waals surface area contributed by atoms with Crippen molar-refractivity contribution in [2.75, 3.05) is 32.7 Å². The van der Waals surface area contributed by atoms with Gasteiger partial charge in [0.25, 0.3) is 0 Å². The maximum Gasteiger partial charge on any atom is 0.234 e. The quantitative estimate of drug-likeness (QED) is 0.714. The van der Waals surface area contributed by atoms with E-state index in [1.165, 1.54) is 21.2 Å². The van der Waals surface area contributed by atoms with Crippen LogP contribution in [0, 0.1) is 0 Å². The van der Waals surface area contributed by atoms with Gasteiger partial charge in [-0.05, 0) is 27.8 Å². The molecule has 1 aliphatic rings. The van der Waals surface area contributed by atoms with Crippen LogP contribution in [0.5, 0.6) is 0 Å². The van der Waals surface area contributed by atoms with E-state index in [2.05, 4.69) is 63.6 Å². The first-order chi connectivity index (χ1) is 13.3. The van der Waals surface area contributed by atoms with Crippen molar-refractivity contribution in [2.24, 2.45) is 0 Å². The third kappa shape index (κ3) is 4.75. The molecule has 0 spiro atoms. The van der Waals surface area contributed by atoms with Gasteiger partial charge in [0, 0.05) is 37.6 Å². The van der Waals surface area contributed by atoms with Crippen LogP contribution in [0.25, 0.3) is 10.8 Å². The Hall–Kier alpha value is -2.21. The number of carbonyl (C=O) groups is 1. The molecule has 3 aromatic rings. The minimum absolute atomic E-state index is 0.117. The molecule has 0 aliphatic carbocycles. The number of nitrogens with zero attached hydrogens (tertiary/aromatic N) is 2. The molecule has 4 nitrogen and oxygen atoms in total. The third-order valence-electron chi connectivity index (χ3n) is 5.15. The fraction of sp³-hybridized carbons (Fsp3) is 0.318. The number of thiophene rings is 1. The van der Waals surface area contributed by atoms with Crippen LogP contribution in [0.2, 0.25) is 0 Å². The maximum atomic E-state index is 12.2. The molecular weight excluding hydrogens is 354 g/mol. The number of amides is 1. The second-order valence-electron chi connectivity index (χ2n) is 7.05. The summed E-state index contributed by atoms with van der Waals surface area (Å²) in [6.07, 6.45) is 0. The van der Waals surface area contributed by atoms with E-state index in [9.17, 15) is 4.79 Å². The van der Waals surface area contributed by atoms with Gasteiger partial charge in [-0.25, -0.2) is 0 Å². The number of fused-ring (bicyclic) bond motifs is 1. The predicted molar refractivity (Wildman–Crippen MR) is 112 cm³/mol. The van der Waals surface area contributed by atoms with Gasteiger partial charge in [0.1, 0.15) is 0 Å². The highest BCUT2D eigenvalue weighted by molar-refractivity contribution is 7.09. The Morgan fingerprint density at radius 3 is 2.52 bits per heavy atom. The van der Waals surface area contributed by atoms with Crippen molar-refractivity contribution < 1.29 is 4.79 Å². The van der Waals surface area contributed by atoms with Crippen molar-refractivity contribution >= 4 is 28.0 Å². The van der Waals surface area contributed by atoms with E-state index in [0.29, 0.717) is 13.1 Å². The van der Waals surface area contributed by atoms with Gasteiger partial charge in [-0.2, -0.15) is 0 Å². The number of piperazine rings is 1. The van der Waals surface area contributed by atoms with E-state index in [0.717, 1.165) is 32.7 Å². The lowest BCUT2D eigenvalue weighted by atomic mass is 10.0. The fourth-order valence-corrected chi connectivity index (χ4v) is 4.28. The van der Waals surface area contributed by atoms with Crippen LogP contribution in [0.3, 0.4) is 0 Å². The Bertz CT molecular complexity index is 880. The van der Waals surface area contributed by atoms with Crippen molar-refractivity contribution in [1.82, 2.24) is 15.1 Å². The number of hydrogen-bond donors (Lipinski definition) is 1. The molecule has 0 unspecified atom stereocenters. The van der Waals surface area contributed by atoms with E-state index >= 15 is 0 Å². The number of carbonyl (C=O) groups excluding carboxylic acids is 1. The highest BCUT2D eigenvalue weighted by atomic mass is 32.1. The Kier molecular flexibility index (Phi) is 5.82. The normalized spacial score (nSPS) is 15.9. The van der Waals surface area contributed by atoms with Gasteiger partial charge >= 0.3 is 0 Å². The summed E-state index contributed by atoms with van der Waals surface area (Å²) in [5, 5.41) is 7.70. The molecule has 27 heavy (non-hydrogen) atoms. The van der Waals surface area contributed by atoms with Crippen LogP contribution in [0.4, 0.5) is 0 Å². The highest BCUT2D eigenvalue weighted by Gasteiger charge is 2.19. The number of hydrogen-bond acceptors (Lipinski definition) is 4. The average molecular weight is 380 g/mol. The van der Waals surface area contributed by atoms with E-state index in [4.69, 9.17) is 0 Å². The van der Waals surface area contributed by atoms with Crippen LogP contribution in [-0.2, 0) is 17.9 Å². The number of rotatable bonds is 6. The summed E-state index contributed by atoms with van der Waals surface area (Å²) in [5.74, 6) is 0.117. The fourth-order valence-electron chi connectivity index (χ4n) is 3.63. The average Bonchev–Trinajstić information content (AvgIpc) is 3.22. The zero-order valence-corrected chi connectivity index (χ0v) is 16.3. The SMILES string of the molecule is O=C(CN1CCN(Cc2cccc3ccccc23)CC1)NCc1cccs1. The Labute approximate surface area is 164 Å². The largest absolute Gasteiger partial charge is 0.350 e. The smallest absolute Gasteiger partial charge is 0.234 e. The topological polar surface area (TPSA) is 35.6 Å². The van der Waals surface area contributed by atoms with Gasteiger partial charge in [-0.15, -0.1) is 11.3 Å². The molecule has 1 aliphatic heterocycles. The molecule has 140 valence electrons. The van der Waals surface area contributed by atoms with Crippen molar-refractivity contribution in [3.05, 3.63) is 70.4 Å². The van der Waals surface area contributed by atoms with Crippen molar-refractivity contribution in [1.29, 1.82) is 0 Å². The summed E-state index contributed by atoms with van der Waals surface area (Å²) in [6, 6.07) is 19.2. The molecule has 1 saturated heterocycles. The van der Waals surface area contributed by atoms with Gasteiger partial charge in [0.2, 0.25) is 5.91 Å². The standard InChI is InChI=1S/C22H25N3OS/c26-22(23-15-20-8-4-14-27-20)17-25-12-10-24(11-13-25)16-19-7-3-6-18-5-1-2-9-21(18)19/h1-9,14H,10-13,15-17H2,(H,23,26). The predicted octanol–water partition coefficient (Wildman–Crippen LogP) is 3.34. The first-order valence-electron chi connectivity index (χ1n) is 9.48. The molecule has 5 heteroatoms. The summed E-state index contributed by atoms with van der Waals surface area (Å²) in [5.41, 5.74) is 1.38. The third-order valence-corrected chi connectivity index (χ3v) is 6.02. The number of nitrogens with one attached hydrogen (secondary N) is 1. The monoisotopic (exact) mass is 379 g/mol.